The van der Waals surface area contributed by atoms with E-state index in [-0.39, 0.29) is 5.91 Å². The quantitative estimate of drug-likeness (QED) is 0.333. The number of carbonyl (C=O) groups is 1. The van der Waals surface area contributed by atoms with Crippen LogP contribution in [0.4, 0.5) is 5.69 Å². The monoisotopic (exact) mass is 410 g/mol. The first-order chi connectivity index (χ1) is 15.3. The van der Waals surface area contributed by atoms with E-state index in [2.05, 4.69) is 12.0 Å². The van der Waals surface area contributed by atoms with Gasteiger partial charge in [0.2, 0.25) is 0 Å². The van der Waals surface area contributed by atoms with Crippen molar-refractivity contribution < 1.29 is 9.53 Å². The minimum Gasteiger partial charge on any atom is -0.494 e. The van der Waals surface area contributed by atoms with Gasteiger partial charge in [-0.3, -0.25) is 4.79 Å². The maximum Gasteiger partial charge on any atom is 0.281 e. The van der Waals surface area contributed by atoms with E-state index in [0.717, 1.165) is 35.6 Å². The second kappa shape index (κ2) is 9.90. The maximum absolute atomic E-state index is 13.3. The number of nitrogens with zero attached hydrogens (tertiary/aromatic N) is 2. The van der Waals surface area contributed by atoms with Gasteiger partial charge in [0.1, 0.15) is 11.5 Å². The summed E-state index contributed by atoms with van der Waals surface area (Å²) in [5, 5.41) is 6.14. The summed E-state index contributed by atoms with van der Waals surface area (Å²) >= 11 is 0. The van der Waals surface area contributed by atoms with E-state index in [9.17, 15) is 4.79 Å². The fourth-order valence-corrected chi connectivity index (χ4v) is 3.47. The minimum atomic E-state index is -0.134. The van der Waals surface area contributed by atoms with E-state index in [1.165, 1.54) is 17.9 Å². The highest BCUT2D eigenvalue weighted by Crippen LogP contribution is 2.28. The van der Waals surface area contributed by atoms with Crippen LogP contribution in [0.1, 0.15) is 37.3 Å². The Balaban J connectivity index is 1.61. The van der Waals surface area contributed by atoms with E-state index in [4.69, 9.17) is 4.74 Å². The number of anilines is 1. The zero-order chi connectivity index (χ0) is 21.5. The fourth-order valence-electron chi connectivity index (χ4n) is 3.47. The summed E-state index contributed by atoms with van der Waals surface area (Å²) in [6.07, 6.45) is 5.31. The van der Waals surface area contributed by atoms with Gasteiger partial charge in [0.25, 0.3) is 5.91 Å². The van der Waals surface area contributed by atoms with Gasteiger partial charge in [0, 0.05) is 5.56 Å². The Kier molecular flexibility index (Phi) is 6.58. The lowest BCUT2D eigenvalue weighted by Crippen LogP contribution is -2.21. The highest BCUT2D eigenvalue weighted by atomic mass is 16.5. The van der Waals surface area contributed by atoms with Crippen LogP contribution in [-0.2, 0) is 4.79 Å². The molecule has 1 aliphatic heterocycles. The molecular weight excluding hydrogens is 384 g/mol. The van der Waals surface area contributed by atoms with Gasteiger partial charge in [-0.2, -0.15) is 10.1 Å². The standard InChI is InChI=1S/C27H26N2O2/c1-2-3-10-19-31-24-17-15-21(16-18-24)20-25-26(22-11-6-4-7-12-22)28-29(27(25)30)23-13-8-5-9-14-23/h4-9,11-18,20H,2-3,10,19H2,1H3/b25-20+. The molecule has 0 saturated heterocycles. The zero-order valence-electron chi connectivity index (χ0n) is 17.7. The Morgan fingerprint density at radius 2 is 1.55 bits per heavy atom. The van der Waals surface area contributed by atoms with Crippen molar-refractivity contribution in [1.29, 1.82) is 0 Å². The molecule has 0 N–H and O–H groups in total. The summed E-state index contributed by atoms with van der Waals surface area (Å²) in [4.78, 5) is 13.3. The summed E-state index contributed by atoms with van der Waals surface area (Å²) in [5.74, 6) is 0.712. The molecule has 156 valence electrons. The molecule has 0 saturated carbocycles. The van der Waals surface area contributed by atoms with Crippen LogP contribution in [-0.4, -0.2) is 18.2 Å². The molecule has 0 radical (unpaired) electrons. The molecule has 4 heteroatoms. The molecule has 1 amide bonds. The molecule has 3 aromatic rings. The zero-order valence-corrected chi connectivity index (χ0v) is 17.7. The number of benzene rings is 3. The largest absolute Gasteiger partial charge is 0.494 e. The Morgan fingerprint density at radius 3 is 2.23 bits per heavy atom. The molecule has 0 bridgehead atoms. The summed E-state index contributed by atoms with van der Waals surface area (Å²) in [6.45, 7) is 2.90. The van der Waals surface area contributed by atoms with Crippen molar-refractivity contribution in [2.24, 2.45) is 5.10 Å². The first-order valence-corrected chi connectivity index (χ1v) is 10.7. The smallest absolute Gasteiger partial charge is 0.281 e. The van der Waals surface area contributed by atoms with Crippen LogP contribution in [0.25, 0.3) is 6.08 Å². The second-order valence-electron chi connectivity index (χ2n) is 7.45. The Labute approximate surface area is 183 Å². The summed E-state index contributed by atoms with van der Waals surface area (Å²) in [5.41, 5.74) is 3.85. The minimum absolute atomic E-state index is 0.134. The Bertz CT molecular complexity index is 1070. The van der Waals surface area contributed by atoms with Crippen LogP contribution >= 0.6 is 0 Å². The van der Waals surface area contributed by atoms with Crippen LogP contribution in [0, 0.1) is 0 Å². The Morgan fingerprint density at radius 1 is 0.871 bits per heavy atom. The van der Waals surface area contributed by atoms with Crippen molar-refractivity contribution in [2.45, 2.75) is 26.2 Å². The number of rotatable bonds is 8. The summed E-state index contributed by atoms with van der Waals surface area (Å²) in [7, 11) is 0. The molecule has 0 spiro atoms. The number of para-hydroxylation sites is 1. The molecule has 3 aromatic carbocycles. The van der Waals surface area contributed by atoms with Gasteiger partial charge in [0.05, 0.1) is 17.9 Å². The first-order valence-electron chi connectivity index (χ1n) is 10.7. The van der Waals surface area contributed by atoms with Gasteiger partial charge in [0.15, 0.2) is 0 Å². The molecule has 4 rings (SSSR count). The molecule has 0 aliphatic carbocycles. The molecule has 0 aromatic heterocycles. The molecule has 31 heavy (non-hydrogen) atoms. The molecule has 4 nitrogen and oxygen atoms in total. The van der Waals surface area contributed by atoms with Gasteiger partial charge in [-0.15, -0.1) is 0 Å². The van der Waals surface area contributed by atoms with Crippen LogP contribution in [0.5, 0.6) is 5.75 Å². The number of hydrazone groups is 1. The predicted molar refractivity (Wildman–Crippen MR) is 126 cm³/mol. The molecule has 0 unspecified atom stereocenters. The van der Waals surface area contributed by atoms with Crippen LogP contribution in [0.2, 0.25) is 0 Å². The van der Waals surface area contributed by atoms with Gasteiger partial charge in [-0.05, 0) is 42.3 Å². The number of amides is 1. The van der Waals surface area contributed by atoms with Crippen molar-refractivity contribution in [3.8, 4) is 5.75 Å². The van der Waals surface area contributed by atoms with Gasteiger partial charge >= 0.3 is 0 Å². The van der Waals surface area contributed by atoms with Crippen molar-refractivity contribution in [3.05, 3.63) is 102 Å². The first kappa shape index (κ1) is 20.6. The number of hydrogen-bond acceptors (Lipinski definition) is 3. The average Bonchev–Trinajstić information content (AvgIpc) is 3.15. The lowest BCUT2D eigenvalue weighted by atomic mass is 10.0. The molecule has 1 heterocycles. The van der Waals surface area contributed by atoms with Gasteiger partial charge in [-0.25, -0.2) is 0 Å². The van der Waals surface area contributed by atoms with Crippen molar-refractivity contribution in [3.63, 3.8) is 0 Å². The molecule has 0 atom stereocenters. The van der Waals surface area contributed by atoms with Gasteiger partial charge < -0.3 is 4.74 Å². The maximum atomic E-state index is 13.3. The van der Waals surface area contributed by atoms with Crippen molar-refractivity contribution >= 4 is 23.4 Å². The van der Waals surface area contributed by atoms with Crippen molar-refractivity contribution in [2.75, 3.05) is 11.6 Å². The summed E-state index contributed by atoms with van der Waals surface area (Å²) in [6, 6.07) is 27.2. The van der Waals surface area contributed by atoms with Crippen molar-refractivity contribution in [1.82, 2.24) is 0 Å². The predicted octanol–water partition coefficient (Wildman–Crippen LogP) is 6.09. The fraction of sp³-hybridized carbons (Fsp3) is 0.185. The molecular formula is C27H26N2O2. The summed E-state index contributed by atoms with van der Waals surface area (Å²) < 4.78 is 5.80. The third kappa shape index (κ3) is 4.92. The molecule has 0 fully saturated rings. The lowest BCUT2D eigenvalue weighted by molar-refractivity contribution is -0.114. The van der Waals surface area contributed by atoms with E-state index in [0.29, 0.717) is 11.3 Å². The normalized spacial score (nSPS) is 14.7. The third-order valence-corrected chi connectivity index (χ3v) is 5.13. The van der Waals surface area contributed by atoms with Crippen LogP contribution < -0.4 is 9.75 Å². The highest BCUT2D eigenvalue weighted by Gasteiger charge is 2.31. The van der Waals surface area contributed by atoms with E-state index in [1.807, 2.05) is 91.0 Å². The van der Waals surface area contributed by atoms with E-state index in [1.54, 1.807) is 0 Å². The number of hydrogen-bond donors (Lipinski definition) is 0. The number of carbonyl (C=O) groups excluding carboxylic acids is 1. The lowest BCUT2D eigenvalue weighted by Gasteiger charge is -2.11. The van der Waals surface area contributed by atoms with Crippen LogP contribution in [0.3, 0.4) is 0 Å². The average molecular weight is 411 g/mol. The SMILES string of the molecule is CCCCCOc1ccc(/C=C2/C(=O)N(c3ccccc3)N=C2c2ccccc2)cc1. The van der Waals surface area contributed by atoms with E-state index < -0.39 is 0 Å². The Hall–Kier alpha value is -3.66. The van der Waals surface area contributed by atoms with Crippen LogP contribution in [0.15, 0.2) is 95.6 Å². The van der Waals surface area contributed by atoms with E-state index >= 15 is 0 Å². The number of unbranched alkanes of at least 4 members (excludes halogenated alkanes) is 2. The topological polar surface area (TPSA) is 41.9 Å². The second-order valence-corrected chi connectivity index (χ2v) is 7.45. The van der Waals surface area contributed by atoms with Gasteiger partial charge in [-0.1, -0.05) is 80.4 Å². The molecule has 1 aliphatic rings. The third-order valence-electron chi connectivity index (χ3n) is 5.13. The highest BCUT2D eigenvalue weighted by molar-refractivity contribution is 6.37. The number of ether oxygens (including phenoxy) is 1.